The summed E-state index contributed by atoms with van der Waals surface area (Å²) >= 11 is 0. The largest absolute Gasteiger partial charge is 0.0683 e. The molecule has 0 N–H and O–H groups in total. The van der Waals surface area contributed by atoms with Gasteiger partial charge in [0.2, 0.25) is 0 Å². The van der Waals surface area contributed by atoms with Gasteiger partial charge < -0.3 is 0 Å². The van der Waals surface area contributed by atoms with Gasteiger partial charge in [0, 0.05) is 0 Å². The molecule has 6 aromatic carbocycles. The van der Waals surface area contributed by atoms with Gasteiger partial charge >= 0.3 is 0 Å². The minimum Gasteiger partial charge on any atom is -0.0683 e. The molecule has 0 aromatic heterocycles. The highest BCUT2D eigenvalue weighted by atomic mass is 14.2. The van der Waals surface area contributed by atoms with Crippen LogP contribution in [0.2, 0.25) is 0 Å². The fraction of sp³-hybridized carbons (Fsp3) is 0.143. The zero-order chi connectivity index (χ0) is 19.7. The van der Waals surface area contributed by atoms with Crippen molar-refractivity contribution in [3.05, 3.63) is 84.9 Å². The van der Waals surface area contributed by atoms with Crippen LogP contribution in [-0.4, -0.2) is 0 Å². The fourth-order valence-corrected chi connectivity index (χ4v) is 4.40. The van der Waals surface area contributed by atoms with Crippen LogP contribution < -0.4 is 0 Å². The van der Waals surface area contributed by atoms with E-state index in [1.165, 1.54) is 53.9 Å². The van der Waals surface area contributed by atoms with Crippen molar-refractivity contribution in [2.75, 3.05) is 0 Å². The van der Waals surface area contributed by atoms with Crippen LogP contribution in [0.4, 0.5) is 0 Å². The average molecular weight is 363 g/mol. The molecule has 0 amide bonds. The highest BCUT2D eigenvalue weighted by Gasteiger charge is 2.14. The molecule has 0 nitrogen and oxygen atoms in total. The Morgan fingerprint density at radius 3 is 1.57 bits per heavy atom. The third-order valence-electron chi connectivity index (χ3n) is 5.35. The van der Waals surface area contributed by atoms with Crippen LogP contribution >= 0.6 is 0 Å². The van der Waals surface area contributed by atoms with Gasteiger partial charge in [-0.25, -0.2) is 0 Å². The first-order valence-corrected chi connectivity index (χ1v) is 10.4. The standard InChI is InChI=1S/C24H14.2C2H6/c1-2-10-18-16(6-1)14-17-9-5-12-20-19-11-3-7-15-8-4-13-21(22(15)19)24(18)23(17)20;2*1-2/h1-14H;2*1-2H3. The molecule has 0 atom stereocenters. The van der Waals surface area contributed by atoms with E-state index in [-0.39, 0.29) is 0 Å². The van der Waals surface area contributed by atoms with Crippen molar-refractivity contribution in [3.8, 4) is 0 Å². The first kappa shape index (κ1) is 18.3. The van der Waals surface area contributed by atoms with E-state index in [0.717, 1.165) is 0 Å². The van der Waals surface area contributed by atoms with Gasteiger partial charge in [-0.2, -0.15) is 0 Å². The third-order valence-corrected chi connectivity index (χ3v) is 5.35. The molecule has 0 bridgehead atoms. The topological polar surface area (TPSA) is 0 Å². The summed E-state index contributed by atoms with van der Waals surface area (Å²) in [6.07, 6.45) is 0. The van der Waals surface area contributed by atoms with Crippen LogP contribution in [0, 0.1) is 0 Å². The van der Waals surface area contributed by atoms with Crippen LogP contribution in [-0.2, 0) is 0 Å². The van der Waals surface area contributed by atoms with Gasteiger partial charge in [0.25, 0.3) is 0 Å². The number of hydrogen-bond donors (Lipinski definition) is 0. The SMILES string of the molecule is CC.CC.c1ccc2c(c1)cc1cccc3c4cccc5cccc(c54)c2c13. The first-order valence-electron chi connectivity index (χ1n) is 10.4. The van der Waals surface area contributed by atoms with Crippen LogP contribution in [0.15, 0.2) is 84.9 Å². The van der Waals surface area contributed by atoms with Crippen molar-refractivity contribution in [1.29, 1.82) is 0 Å². The molecule has 28 heavy (non-hydrogen) atoms. The summed E-state index contributed by atoms with van der Waals surface area (Å²) in [6.45, 7) is 8.00. The Morgan fingerprint density at radius 2 is 0.857 bits per heavy atom. The van der Waals surface area contributed by atoms with E-state index >= 15 is 0 Å². The van der Waals surface area contributed by atoms with Gasteiger partial charge in [0.05, 0.1) is 0 Å². The molecule has 0 unspecified atom stereocenters. The maximum atomic E-state index is 2.33. The third kappa shape index (κ3) is 2.52. The van der Waals surface area contributed by atoms with Crippen molar-refractivity contribution in [2.45, 2.75) is 27.7 Å². The highest BCUT2D eigenvalue weighted by Crippen LogP contribution is 2.43. The van der Waals surface area contributed by atoms with Gasteiger partial charge in [-0.3, -0.25) is 0 Å². The molecule has 0 radical (unpaired) electrons. The van der Waals surface area contributed by atoms with Crippen LogP contribution in [0.5, 0.6) is 0 Å². The van der Waals surface area contributed by atoms with Crippen LogP contribution in [0.3, 0.4) is 0 Å². The van der Waals surface area contributed by atoms with Crippen molar-refractivity contribution >= 4 is 53.9 Å². The summed E-state index contributed by atoms with van der Waals surface area (Å²) in [5.74, 6) is 0. The smallest absolute Gasteiger partial charge is 0.00141 e. The quantitative estimate of drug-likeness (QED) is 0.187. The van der Waals surface area contributed by atoms with E-state index in [0.29, 0.717) is 0 Å². The van der Waals surface area contributed by atoms with E-state index < -0.39 is 0 Å². The maximum Gasteiger partial charge on any atom is -0.00141 e. The molecular formula is C28H26. The average Bonchev–Trinajstić information content (AvgIpc) is 2.79. The van der Waals surface area contributed by atoms with Gasteiger partial charge in [-0.05, 0) is 59.9 Å². The molecule has 0 heteroatoms. The molecule has 0 saturated carbocycles. The molecule has 6 aromatic rings. The predicted molar refractivity (Wildman–Crippen MR) is 128 cm³/mol. The lowest BCUT2D eigenvalue weighted by atomic mass is 9.87. The van der Waals surface area contributed by atoms with Gasteiger partial charge in [-0.15, -0.1) is 0 Å². The summed E-state index contributed by atoms with van der Waals surface area (Å²) in [5.41, 5.74) is 0. The summed E-state index contributed by atoms with van der Waals surface area (Å²) in [5, 5.41) is 13.6. The summed E-state index contributed by atoms with van der Waals surface area (Å²) < 4.78 is 0. The maximum absolute atomic E-state index is 2.33. The minimum absolute atomic E-state index is 1.31. The summed E-state index contributed by atoms with van der Waals surface area (Å²) in [7, 11) is 0. The Kier molecular flexibility index (Phi) is 4.88. The minimum atomic E-state index is 1.31. The summed E-state index contributed by atoms with van der Waals surface area (Å²) in [6, 6.07) is 31.1. The predicted octanol–water partition coefficient (Wildman–Crippen LogP) is 8.94. The molecule has 0 heterocycles. The molecule has 0 aliphatic heterocycles. The van der Waals surface area contributed by atoms with E-state index in [1.54, 1.807) is 0 Å². The second-order valence-corrected chi connectivity index (χ2v) is 6.59. The molecule has 138 valence electrons. The highest BCUT2D eigenvalue weighted by molar-refractivity contribution is 6.37. The normalized spacial score (nSPS) is 10.9. The fourth-order valence-electron chi connectivity index (χ4n) is 4.40. The second kappa shape index (κ2) is 7.48. The number of fused-ring (bicyclic) bond motifs is 4. The Labute approximate surface area is 166 Å². The Morgan fingerprint density at radius 1 is 0.357 bits per heavy atom. The van der Waals surface area contributed by atoms with Crippen LogP contribution in [0.1, 0.15) is 27.7 Å². The monoisotopic (exact) mass is 362 g/mol. The van der Waals surface area contributed by atoms with Crippen LogP contribution in [0.25, 0.3) is 53.9 Å². The van der Waals surface area contributed by atoms with E-state index in [4.69, 9.17) is 0 Å². The van der Waals surface area contributed by atoms with Crippen molar-refractivity contribution in [2.24, 2.45) is 0 Å². The Hall–Kier alpha value is -3.12. The van der Waals surface area contributed by atoms with Crippen molar-refractivity contribution in [1.82, 2.24) is 0 Å². The first-order chi connectivity index (χ1) is 13.9. The molecule has 0 fully saturated rings. The Bertz CT molecular complexity index is 1380. The lowest BCUT2D eigenvalue weighted by molar-refractivity contribution is 1.50. The number of hydrogen-bond acceptors (Lipinski definition) is 0. The molecule has 0 spiro atoms. The van der Waals surface area contributed by atoms with Crippen molar-refractivity contribution < 1.29 is 0 Å². The van der Waals surface area contributed by atoms with E-state index in [9.17, 15) is 0 Å². The molecular weight excluding hydrogens is 336 g/mol. The Balaban J connectivity index is 0.000000454. The second-order valence-electron chi connectivity index (χ2n) is 6.59. The molecule has 0 aliphatic rings. The zero-order valence-corrected chi connectivity index (χ0v) is 17.1. The zero-order valence-electron chi connectivity index (χ0n) is 17.1. The van der Waals surface area contributed by atoms with Gasteiger partial charge in [0.15, 0.2) is 0 Å². The van der Waals surface area contributed by atoms with E-state index in [1.807, 2.05) is 27.7 Å². The lowest BCUT2D eigenvalue weighted by Gasteiger charge is -2.16. The lowest BCUT2D eigenvalue weighted by Crippen LogP contribution is -1.88. The van der Waals surface area contributed by atoms with E-state index in [2.05, 4.69) is 84.9 Å². The number of rotatable bonds is 0. The summed E-state index contributed by atoms with van der Waals surface area (Å²) in [4.78, 5) is 0. The molecule has 0 aliphatic carbocycles. The number of benzene rings is 6. The molecule has 6 rings (SSSR count). The molecule has 0 saturated heterocycles. The van der Waals surface area contributed by atoms with Crippen molar-refractivity contribution in [3.63, 3.8) is 0 Å². The van der Waals surface area contributed by atoms with Gasteiger partial charge in [0.1, 0.15) is 0 Å². The van der Waals surface area contributed by atoms with Gasteiger partial charge in [-0.1, -0.05) is 107 Å².